The minimum atomic E-state index is -4.78. The summed E-state index contributed by atoms with van der Waals surface area (Å²) in [6, 6.07) is 5.79. The maximum atomic E-state index is 12.6. The summed E-state index contributed by atoms with van der Waals surface area (Å²) in [6.45, 7) is 7.94. The number of unbranched alkanes of at least 4 members (excludes halogenated alkanes) is 2. The van der Waals surface area contributed by atoms with Crippen LogP contribution in [0.2, 0.25) is 0 Å². The van der Waals surface area contributed by atoms with Gasteiger partial charge in [0.25, 0.3) is 5.91 Å². The zero-order chi connectivity index (χ0) is 21.1. The SMILES string of the molecule is CCCCCc1c(-c2cccc(OC(F)(F)F)c2)c(C(N)=O)c(C)n1C(C)C. The highest BCUT2D eigenvalue weighted by molar-refractivity contribution is 6.02. The number of hydrogen-bond acceptors (Lipinski definition) is 2. The van der Waals surface area contributed by atoms with Gasteiger partial charge >= 0.3 is 6.36 Å². The molecule has 0 radical (unpaired) electrons. The molecule has 0 aliphatic heterocycles. The van der Waals surface area contributed by atoms with Gasteiger partial charge in [0.05, 0.1) is 5.56 Å². The van der Waals surface area contributed by atoms with Crippen molar-refractivity contribution in [3.05, 3.63) is 41.2 Å². The van der Waals surface area contributed by atoms with Gasteiger partial charge in [-0.1, -0.05) is 31.9 Å². The van der Waals surface area contributed by atoms with Gasteiger partial charge in [0.2, 0.25) is 0 Å². The number of aromatic nitrogens is 1. The number of ether oxygens (including phenoxy) is 1. The van der Waals surface area contributed by atoms with E-state index >= 15 is 0 Å². The third-order valence-electron chi connectivity index (χ3n) is 4.69. The molecule has 2 rings (SSSR count). The third-order valence-corrected chi connectivity index (χ3v) is 4.69. The lowest BCUT2D eigenvalue weighted by atomic mass is 9.97. The topological polar surface area (TPSA) is 57.2 Å². The highest BCUT2D eigenvalue weighted by Crippen LogP contribution is 2.37. The molecule has 0 spiro atoms. The molecular formula is C21H27F3N2O2. The number of nitrogens with two attached hydrogens (primary N) is 1. The van der Waals surface area contributed by atoms with E-state index in [2.05, 4.69) is 16.2 Å². The number of benzene rings is 1. The predicted octanol–water partition coefficient (Wildman–Crippen LogP) is 5.77. The van der Waals surface area contributed by atoms with Crippen LogP contribution in [-0.4, -0.2) is 16.8 Å². The second-order valence-corrected chi connectivity index (χ2v) is 7.14. The van der Waals surface area contributed by atoms with Gasteiger partial charge in [-0.15, -0.1) is 13.2 Å². The van der Waals surface area contributed by atoms with Gasteiger partial charge in [0.15, 0.2) is 0 Å². The fraction of sp³-hybridized carbons (Fsp3) is 0.476. The number of halogens is 3. The lowest BCUT2D eigenvalue weighted by Gasteiger charge is -2.17. The Morgan fingerprint density at radius 3 is 2.46 bits per heavy atom. The van der Waals surface area contributed by atoms with Gasteiger partial charge in [-0.3, -0.25) is 4.79 Å². The van der Waals surface area contributed by atoms with Crippen LogP contribution in [0, 0.1) is 6.92 Å². The summed E-state index contributed by atoms with van der Waals surface area (Å²) >= 11 is 0. The van der Waals surface area contributed by atoms with Crippen LogP contribution in [0.15, 0.2) is 24.3 Å². The van der Waals surface area contributed by atoms with Crippen molar-refractivity contribution < 1.29 is 22.7 Å². The molecule has 0 unspecified atom stereocenters. The number of amides is 1. The molecule has 2 N–H and O–H groups in total. The van der Waals surface area contributed by atoms with E-state index in [4.69, 9.17) is 5.73 Å². The Kier molecular flexibility index (Phi) is 6.80. The summed E-state index contributed by atoms with van der Waals surface area (Å²) in [5, 5.41) is 0. The molecule has 1 aromatic carbocycles. The van der Waals surface area contributed by atoms with Crippen LogP contribution in [0.3, 0.4) is 0 Å². The predicted molar refractivity (Wildman–Crippen MR) is 103 cm³/mol. The Morgan fingerprint density at radius 2 is 1.93 bits per heavy atom. The first-order valence-electron chi connectivity index (χ1n) is 9.46. The molecule has 2 aromatic rings. The minimum Gasteiger partial charge on any atom is -0.406 e. The number of carbonyl (C=O) groups excluding carboxylic acids is 1. The van der Waals surface area contributed by atoms with Gasteiger partial charge in [-0.05, 0) is 51.3 Å². The lowest BCUT2D eigenvalue weighted by Crippen LogP contribution is -2.17. The summed E-state index contributed by atoms with van der Waals surface area (Å²) in [5.41, 5.74) is 8.75. The number of nitrogens with zero attached hydrogens (tertiary/aromatic N) is 1. The number of alkyl halides is 3. The Morgan fingerprint density at radius 1 is 1.25 bits per heavy atom. The Labute approximate surface area is 163 Å². The highest BCUT2D eigenvalue weighted by atomic mass is 19.4. The molecule has 0 bridgehead atoms. The molecule has 0 saturated heterocycles. The molecule has 28 heavy (non-hydrogen) atoms. The molecule has 0 aliphatic rings. The zero-order valence-corrected chi connectivity index (χ0v) is 16.7. The molecule has 0 fully saturated rings. The second-order valence-electron chi connectivity index (χ2n) is 7.14. The summed E-state index contributed by atoms with van der Waals surface area (Å²) in [4.78, 5) is 12.2. The monoisotopic (exact) mass is 396 g/mol. The lowest BCUT2D eigenvalue weighted by molar-refractivity contribution is -0.274. The van der Waals surface area contributed by atoms with Gasteiger partial charge in [-0.2, -0.15) is 0 Å². The van der Waals surface area contributed by atoms with E-state index in [-0.39, 0.29) is 11.8 Å². The van der Waals surface area contributed by atoms with Gasteiger partial charge in [0.1, 0.15) is 5.75 Å². The minimum absolute atomic E-state index is 0.0816. The fourth-order valence-electron chi connectivity index (χ4n) is 3.72. The molecule has 0 aliphatic carbocycles. The molecule has 4 nitrogen and oxygen atoms in total. The standard InChI is InChI=1S/C21H27F3N2O2/c1-5-6-7-11-17-19(18(20(25)27)14(4)26(17)13(2)3)15-9-8-10-16(12-15)28-21(22,23)24/h8-10,12-13H,5-7,11H2,1-4H3,(H2,25,27). The van der Waals surface area contributed by atoms with E-state index in [1.165, 1.54) is 18.2 Å². The van der Waals surface area contributed by atoms with Crippen LogP contribution in [-0.2, 0) is 6.42 Å². The first-order valence-corrected chi connectivity index (χ1v) is 9.46. The first-order chi connectivity index (χ1) is 13.1. The van der Waals surface area contributed by atoms with Gasteiger partial charge in [-0.25, -0.2) is 0 Å². The van der Waals surface area contributed by atoms with E-state index in [1.54, 1.807) is 6.07 Å². The van der Waals surface area contributed by atoms with E-state index in [0.29, 0.717) is 23.1 Å². The normalized spacial score (nSPS) is 11.9. The average Bonchev–Trinajstić information content (AvgIpc) is 2.86. The fourth-order valence-corrected chi connectivity index (χ4v) is 3.72. The largest absolute Gasteiger partial charge is 0.573 e. The molecule has 0 saturated carbocycles. The van der Waals surface area contributed by atoms with Crippen LogP contribution < -0.4 is 10.5 Å². The van der Waals surface area contributed by atoms with Crippen LogP contribution in [0.4, 0.5) is 13.2 Å². The van der Waals surface area contributed by atoms with Crippen molar-refractivity contribution in [3.8, 4) is 16.9 Å². The van der Waals surface area contributed by atoms with E-state index in [9.17, 15) is 18.0 Å². The van der Waals surface area contributed by atoms with Crippen molar-refractivity contribution >= 4 is 5.91 Å². The molecule has 7 heteroatoms. The summed E-state index contributed by atoms with van der Waals surface area (Å²) in [7, 11) is 0. The summed E-state index contributed by atoms with van der Waals surface area (Å²) in [6.07, 6.45) is -1.11. The van der Waals surface area contributed by atoms with Crippen LogP contribution in [0.25, 0.3) is 11.1 Å². The molecule has 1 aromatic heterocycles. The summed E-state index contributed by atoms with van der Waals surface area (Å²) < 4.78 is 44.0. The molecule has 154 valence electrons. The Balaban J connectivity index is 2.68. The van der Waals surface area contributed by atoms with Crippen LogP contribution >= 0.6 is 0 Å². The third kappa shape index (κ3) is 4.88. The second kappa shape index (κ2) is 8.71. The number of carbonyl (C=O) groups is 1. The maximum Gasteiger partial charge on any atom is 0.573 e. The van der Waals surface area contributed by atoms with Crippen molar-refractivity contribution in [2.24, 2.45) is 5.73 Å². The van der Waals surface area contributed by atoms with Crippen LogP contribution in [0.5, 0.6) is 5.75 Å². The van der Waals surface area contributed by atoms with Gasteiger partial charge < -0.3 is 15.0 Å². The van der Waals surface area contributed by atoms with Crippen molar-refractivity contribution in [3.63, 3.8) is 0 Å². The van der Waals surface area contributed by atoms with Crippen LogP contribution in [0.1, 0.15) is 67.8 Å². The van der Waals surface area contributed by atoms with Crippen molar-refractivity contribution in [2.45, 2.75) is 65.8 Å². The number of hydrogen-bond donors (Lipinski definition) is 1. The molecule has 1 heterocycles. The molecular weight excluding hydrogens is 369 g/mol. The van der Waals surface area contributed by atoms with E-state index < -0.39 is 12.3 Å². The maximum absolute atomic E-state index is 12.6. The van der Waals surface area contributed by atoms with Crippen molar-refractivity contribution in [1.29, 1.82) is 0 Å². The number of rotatable bonds is 8. The van der Waals surface area contributed by atoms with E-state index in [1.807, 2.05) is 20.8 Å². The first kappa shape index (κ1) is 21.9. The van der Waals surface area contributed by atoms with E-state index in [0.717, 1.165) is 30.7 Å². The Hall–Kier alpha value is -2.44. The highest BCUT2D eigenvalue weighted by Gasteiger charge is 2.32. The summed E-state index contributed by atoms with van der Waals surface area (Å²) in [5.74, 6) is -0.916. The quantitative estimate of drug-likeness (QED) is 0.576. The Bertz CT molecular complexity index is 839. The number of primary amides is 1. The molecule has 1 amide bonds. The smallest absolute Gasteiger partial charge is 0.406 e. The van der Waals surface area contributed by atoms with Gasteiger partial charge in [0, 0.05) is 23.0 Å². The van der Waals surface area contributed by atoms with Crippen molar-refractivity contribution in [1.82, 2.24) is 4.57 Å². The average molecular weight is 396 g/mol. The zero-order valence-electron chi connectivity index (χ0n) is 16.7. The molecule has 0 atom stereocenters. The van der Waals surface area contributed by atoms with Crippen molar-refractivity contribution in [2.75, 3.05) is 0 Å².